The standard InChI is InChI=1S/C22H16N4O2S/c1-2-11-26-21(20-12-17-5-3-4-6-19(17)28-20)24-25-22(26)29-14-18(27)16-9-7-15(13-23)8-10-16/h2-10,12H,1,11,14H2. The molecule has 2 aromatic heterocycles. The van der Waals surface area contributed by atoms with E-state index in [1.807, 2.05) is 41.0 Å². The molecule has 0 radical (unpaired) electrons. The van der Waals surface area contributed by atoms with E-state index < -0.39 is 0 Å². The fraction of sp³-hybridized carbons (Fsp3) is 0.0909. The highest BCUT2D eigenvalue weighted by molar-refractivity contribution is 7.99. The lowest BCUT2D eigenvalue weighted by molar-refractivity contribution is 0.102. The Morgan fingerprint density at radius 1 is 1.21 bits per heavy atom. The maximum absolute atomic E-state index is 12.5. The second kappa shape index (κ2) is 8.17. The van der Waals surface area contributed by atoms with E-state index in [2.05, 4.69) is 16.8 Å². The molecular weight excluding hydrogens is 384 g/mol. The Kier molecular flexibility index (Phi) is 5.27. The lowest BCUT2D eigenvalue weighted by Gasteiger charge is -2.06. The van der Waals surface area contributed by atoms with Gasteiger partial charge in [0, 0.05) is 17.5 Å². The van der Waals surface area contributed by atoms with Crippen molar-refractivity contribution >= 4 is 28.5 Å². The third-order valence-corrected chi connectivity index (χ3v) is 5.31. The number of allylic oxidation sites excluding steroid dienone is 1. The van der Waals surface area contributed by atoms with Gasteiger partial charge in [-0.05, 0) is 24.3 Å². The number of benzene rings is 2. The second-order valence-electron chi connectivity index (χ2n) is 6.25. The Morgan fingerprint density at radius 3 is 2.72 bits per heavy atom. The first kappa shape index (κ1) is 18.7. The number of nitrogens with zero attached hydrogens (tertiary/aromatic N) is 4. The Labute approximate surface area is 171 Å². The Bertz CT molecular complexity index is 1200. The first-order valence-electron chi connectivity index (χ1n) is 8.89. The van der Waals surface area contributed by atoms with Crippen molar-refractivity contribution in [2.24, 2.45) is 0 Å². The van der Waals surface area contributed by atoms with E-state index in [1.165, 1.54) is 11.8 Å². The molecule has 4 rings (SSSR count). The van der Waals surface area contributed by atoms with Crippen molar-refractivity contribution in [3.8, 4) is 17.7 Å². The summed E-state index contributed by atoms with van der Waals surface area (Å²) in [7, 11) is 0. The number of fused-ring (bicyclic) bond motifs is 1. The van der Waals surface area contributed by atoms with Crippen molar-refractivity contribution in [3.05, 3.63) is 78.4 Å². The van der Waals surface area contributed by atoms with Gasteiger partial charge < -0.3 is 4.42 Å². The van der Waals surface area contributed by atoms with Crippen molar-refractivity contribution in [1.82, 2.24) is 14.8 Å². The number of nitriles is 1. The lowest BCUT2D eigenvalue weighted by atomic mass is 10.1. The molecular formula is C22H16N4O2S. The number of ketones is 1. The van der Waals surface area contributed by atoms with Gasteiger partial charge in [-0.15, -0.1) is 16.8 Å². The zero-order valence-corrected chi connectivity index (χ0v) is 16.2. The molecule has 0 bridgehead atoms. The minimum atomic E-state index is -0.0436. The highest BCUT2D eigenvalue weighted by Gasteiger charge is 2.18. The van der Waals surface area contributed by atoms with Gasteiger partial charge in [-0.3, -0.25) is 9.36 Å². The number of thioether (sulfide) groups is 1. The third kappa shape index (κ3) is 3.84. The molecule has 2 aromatic carbocycles. The van der Waals surface area contributed by atoms with Crippen LogP contribution in [0.2, 0.25) is 0 Å². The summed E-state index contributed by atoms with van der Waals surface area (Å²) in [5.41, 5.74) is 1.86. The first-order chi connectivity index (χ1) is 14.2. The molecule has 29 heavy (non-hydrogen) atoms. The molecule has 0 fully saturated rings. The molecule has 0 atom stereocenters. The third-order valence-electron chi connectivity index (χ3n) is 4.34. The van der Waals surface area contributed by atoms with Crippen molar-refractivity contribution in [2.45, 2.75) is 11.7 Å². The monoisotopic (exact) mass is 400 g/mol. The molecule has 2 heterocycles. The van der Waals surface area contributed by atoms with Crippen molar-refractivity contribution in [3.63, 3.8) is 0 Å². The van der Waals surface area contributed by atoms with Gasteiger partial charge in [0.25, 0.3) is 0 Å². The Balaban J connectivity index is 1.56. The molecule has 6 nitrogen and oxygen atoms in total. The predicted molar refractivity (Wildman–Crippen MR) is 112 cm³/mol. The number of hydrogen-bond acceptors (Lipinski definition) is 6. The van der Waals surface area contributed by atoms with Crippen LogP contribution in [0.5, 0.6) is 0 Å². The number of hydrogen-bond donors (Lipinski definition) is 0. The number of rotatable bonds is 7. The summed E-state index contributed by atoms with van der Waals surface area (Å²) in [6.07, 6.45) is 1.75. The van der Waals surface area contributed by atoms with Gasteiger partial charge in [0.2, 0.25) is 5.82 Å². The van der Waals surface area contributed by atoms with E-state index in [0.717, 1.165) is 11.0 Å². The highest BCUT2D eigenvalue weighted by atomic mass is 32.2. The number of para-hydroxylation sites is 1. The van der Waals surface area contributed by atoms with Gasteiger partial charge in [-0.1, -0.05) is 48.2 Å². The maximum Gasteiger partial charge on any atom is 0.200 e. The minimum absolute atomic E-state index is 0.0436. The van der Waals surface area contributed by atoms with Crippen LogP contribution in [0.3, 0.4) is 0 Å². The molecule has 7 heteroatoms. The van der Waals surface area contributed by atoms with E-state index in [1.54, 1.807) is 30.3 Å². The van der Waals surface area contributed by atoms with Gasteiger partial charge in [0.1, 0.15) is 5.58 Å². The second-order valence-corrected chi connectivity index (χ2v) is 7.20. The topological polar surface area (TPSA) is 84.7 Å². The van der Waals surface area contributed by atoms with Gasteiger partial charge in [-0.25, -0.2) is 0 Å². The average Bonchev–Trinajstić information content (AvgIpc) is 3.36. The van der Waals surface area contributed by atoms with Gasteiger partial charge in [0.05, 0.1) is 17.4 Å². The van der Waals surface area contributed by atoms with Crippen LogP contribution in [0.15, 0.2) is 76.8 Å². The lowest BCUT2D eigenvalue weighted by Crippen LogP contribution is -2.05. The van der Waals surface area contributed by atoms with E-state index in [-0.39, 0.29) is 11.5 Å². The Hall–Kier alpha value is -3.63. The number of carbonyl (C=O) groups is 1. The first-order valence-corrected chi connectivity index (χ1v) is 9.87. The summed E-state index contributed by atoms with van der Waals surface area (Å²) in [6, 6.07) is 18.3. The Morgan fingerprint density at radius 2 is 2.00 bits per heavy atom. The van der Waals surface area contributed by atoms with Crippen LogP contribution in [0.25, 0.3) is 22.6 Å². The molecule has 142 valence electrons. The van der Waals surface area contributed by atoms with Crippen LogP contribution < -0.4 is 0 Å². The fourth-order valence-electron chi connectivity index (χ4n) is 2.91. The highest BCUT2D eigenvalue weighted by Crippen LogP contribution is 2.29. The molecule has 0 amide bonds. The SMILES string of the molecule is C=CCn1c(SCC(=O)c2ccc(C#N)cc2)nnc1-c1cc2ccccc2o1. The summed E-state index contributed by atoms with van der Waals surface area (Å²) in [5, 5.41) is 19.0. The van der Waals surface area contributed by atoms with Gasteiger partial charge in [-0.2, -0.15) is 5.26 Å². The largest absolute Gasteiger partial charge is 0.453 e. The van der Waals surface area contributed by atoms with Crippen LogP contribution in [-0.2, 0) is 6.54 Å². The van der Waals surface area contributed by atoms with E-state index >= 15 is 0 Å². The summed E-state index contributed by atoms with van der Waals surface area (Å²) in [6.45, 7) is 4.30. The van der Waals surface area contributed by atoms with E-state index in [0.29, 0.717) is 34.4 Å². The molecule has 0 aliphatic rings. The van der Waals surface area contributed by atoms with Crippen molar-refractivity contribution in [1.29, 1.82) is 5.26 Å². The summed E-state index contributed by atoms with van der Waals surface area (Å²) < 4.78 is 7.79. The molecule has 4 aromatic rings. The zero-order chi connectivity index (χ0) is 20.2. The van der Waals surface area contributed by atoms with Crippen LogP contribution in [0, 0.1) is 11.3 Å². The molecule has 0 unspecified atom stereocenters. The fourth-order valence-corrected chi connectivity index (χ4v) is 3.75. The number of carbonyl (C=O) groups excluding carboxylic acids is 1. The summed E-state index contributed by atoms with van der Waals surface area (Å²) in [5.74, 6) is 1.37. The number of furan rings is 1. The minimum Gasteiger partial charge on any atom is -0.453 e. The van der Waals surface area contributed by atoms with Crippen LogP contribution in [0.4, 0.5) is 0 Å². The molecule has 0 spiro atoms. The number of aromatic nitrogens is 3. The van der Waals surface area contributed by atoms with Crippen molar-refractivity contribution in [2.75, 3.05) is 5.75 Å². The van der Waals surface area contributed by atoms with E-state index in [4.69, 9.17) is 9.68 Å². The predicted octanol–water partition coefficient (Wildman–Crippen LogP) is 4.72. The average molecular weight is 400 g/mol. The van der Waals surface area contributed by atoms with Crippen LogP contribution >= 0.6 is 11.8 Å². The van der Waals surface area contributed by atoms with E-state index in [9.17, 15) is 4.79 Å². The van der Waals surface area contributed by atoms with Crippen LogP contribution in [-0.4, -0.2) is 26.3 Å². The molecule has 0 N–H and O–H groups in total. The number of Topliss-reactive ketones (excluding diaryl/α,β-unsaturated/α-hetero) is 1. The molecule has 0 saturated heterocycles. The summed E-state index contributed by atoms with van der Waals surface area (Å²) in [4.78, 5) is 12.5. The smallest absolute Gasteiger partial charge is 0.200 e. The molecule has 0 aliphatic carbocycles. The van der Waals surface area contributed by atoms with Gasteiger partial charge >= 0.3 is 0 Å². The summed E-state index contributed by atoms with van der Waals surface area (Å²) >= 11 is 1.31. The molecule has 0 saturated carbocycles. The van der Waals surface area contributed by atoms with Crippen LogP contribution in [0.1, 0.15) is 15.9 Å². The maximum atomic E-state index is 12.5. The van der Waals surface area contributed by atoms with Crippen molar-refractivity contribution < 1.29 is 9.21 Å². The quantitative estimate of drug-likeness (QED) is 0.253. The zero-order valence-electron chi connectivity index (χ0n) is 15.4. The normalized spacial score (nSPS) is 10.7. The van der Waals surface area contributed by atoms with Gasteiger partial charge in [0.15, 0.2) is 16.7 Å². The molecule has 0 aliphatic heterocycles.